The van der Waals surface area contributed by atoms with Crippen molar-refractivity contribution >= 4 is 0 Å². The van der Waals surface area contributed by atoms with Gasteiger partial charge in [0.1, 0.15) is 11.8 Å². The molecule has 13 heavy (non-hydrogen) atoms. The Hall–Kier alpha value is -1.91. The van der Waals surface area contributed by atoms with Crippen LogP contribution in [0.1, 0.15) is 17.8 Å². The van der Waals surface area contributed by atoms with Crippen LogP contribution in [0.15, 0.2) is 12.4 Å². The fraction of sp³-hybridized carbons (Fsp3) is 0.222. The van der Waals surface area contributed by atoms with Gasteiger partial charge in [-0.25, -0.2) is 9.97 Å². The Morgan fingerprint density at radius 1 is 1.31 bits per heavy atom. The van der Waals surface area contributed by atoms with Crippen LogP contribution in [-0.4, -0.2) is 21.7 Å². The zero-order chi connectivity index (χ0) is 9.52. The first-order valence-corrected chi connectivity index (χ1v) is 3.69. The summed E-state index contributed by atoms with van der Waals surface area (Å²) in [7, 11) is 0. The average molecular weight is 173 g/mol. The summed E-state index contributed by atoms with van der Waals surface area (Å²) in [5.74, 6) is 5.33. The molecular formula is C9H7N3O. The van der Waals surface area contributed by atoms with Crippen molar-refractivity contribution < 1.29 is 5.11 Å². The van der Waals surface area contributed by atoms with Gasteiger partial charge < -0.3 is 5.11 Å². The normalized spacial score (nSPS) is 8.31. The van der Waals surface area contributed by atoms with E-state index in [-0.39, 0.29) is 12.3 Å². The van der Waals surface area contributed by atoms with E-state index in [2.05, 4.69) is 21.8 Å². The summed E-state index contributed by atoms with van der Waals surface area (Å²) in [6.07, 6.45) is 3.29. The summed E-state index contributed by atoms with van der Waals surface area (Å²) in [5, 5.41) is 17.1. The van der Waals surface area contributed by atoms with Crippen LogP contribution in [-0.2, 0) is 0 Å². The molecule has 0 saturated carbocycles. The Bertz CT molecular complexity index is 384. The van der Waals surface area contributed by atoms with Crippen molar-refractivity contribution in [3.63, 3.8) is 0 Å². The van der Waals surface area contributed by atoms with E-state index in [0.29, 0.717) is 12.1 Å². The third kappa shape index (κ3) is 2.55. The number of rotatable bonds is 1. The predicted octanol–water partition coefficient (Wildman–Crippen LogP) is 0.0822. The molecule has 0 amide bonds. The minimum atomic E-state index is 0.00908. The second kappa shape index (κ2) is 4.87. The first-order valence-electron chi connectivity index (χ1n) is 3.69. The fourth-order valence-corrected chi connectivity index (χ4v) is 0.713. The van der Waals surface area contributed by atoms with Crippen molar-refractivity contribution in [1.82, 2.24) is 9.97 Å². The molecule has 0 aliphatic heterocycles. The van der Waals surface area contributed by atoms with Gasteiger partial charge >= 0.3 is 0 Å². The van der Waals surface area contributed by atoms with Crippen LogP contribution in [0.2, 0.25) is 0 Å². The molecule has 0 saturated heterocycles. The van der Waals surface area contributed by atoms with Crippen LogP contribution >= 0.6 is 0 Å². The van der Waals surface area contributed by atoms with Gasteiger partial charge in [-0.05, 0) is 5.92 Å². The predicted molar refractivity (Wildman–Crippen MR) is 45.3 cm³/mol. The van der Waals surface area contributed by atoms with E-state index in [0.717, 1.165) is 0 Å². The number of nitriles is 1. The molecule has 1 heterocycles. The molecule has 1 N–H and O–H groups in total. The van der Waals surface area contributed by atoms with Gasteiger partial charge in [-0.3, -0.25) is 0 Å². The Kier molecular flexibility index (Phi) is 3.44. The molecule has 1 aromatic rings. The number of aliphatic hydroxyl groups excluding tert-OH is 1. The first-order chi connectivity index (χ1) is 6.38. The zero-order valence-corrected chi connectivity index (χ0v) is 6.86. The second-order valence-electron chi connectivity index (χ2n) is 2.14. The van der Waals surface area contributed by atoms with Crippen molar-refractivity contribution in [2.75, 3.05) is 6.61 Å². The largest absolute Gasteiger partial charge is 0.395 e. The Labute approximate surface area is 75.9 Å². The van der Waals surface area contributed by atoms with Gasteiger partial charge in [0.2, 0.25) is 0 Å². The number of nitrogens with zero attached hydrogens (tertiary/aromatic N) is 3. The highest BCUT2D eigenvalue weighted by Crippen LogP contribution is 1.96. The Morgan fingerprint density at radius 3 is 2.62 bits per heavy atom. The summed E-state index contributed by atoms with van der Waals surface area (Å²) in [6, 6.07) is 1.88. The van der Waals surface area contributed by atoms with Crippen LogP contribution < -0.4 is 0 Å². The van der Waals surface area contributed by atoms with E-state index >= 15 is 0 Å². The van der Waals surface area contributed by atoms with Gasteiger partial charge in [0.25, 0.3) is 0 Å². The number of hydrogen-bond donors (Lipinski definition) is 1. The molecule has 0 unspecified atom stereocenters. The maximum atomic E-state index is 8.61. The van der Waals surface area contributed by atoms with E-state index < -0.39 is 0 Å². The summed E-state index contributed by atoms with van der Waals surface area (Å²) in [4.78, 5) is 7.67. The molecule has 0 spiro atoms. The smallest absolute Gasteiger partial charge is 0.174 e. The number of aromatic nitrogens is 2. The minimum absolute atomic E-state index is 0.00908. The molecule has 0 radical (unpaired) electrons. The van der Waals surface area contributed by atoms with Crippen LogP contribution in [0, 0.1) is 23.2 Å². The van der Waals surface area contributed by atoms with Gasteiger partial charge in [-0.1, -0.05) is 5.92 Å². The van der Waals surface area contributed by atoms with E-state index in [9.17, 15) is 0 Å². The maximum Gasteiger partial charge on any atom is 0.174 e. The molecule has 0 aliphatic rings. The van der Waals surface area contributed by atoms with Crippen LogP contribution in [0.5, 0.6) is 0 Å². The molecule has 1 aromatic heterocycles. The molecule has 4 nitrogen and oxygen atoms in total. The molecular weight excluding hydrogens is 166 g/mol. The molecule has 0 aromatic carbocycles. The quantitative estimate of drug-likeness (QED) is 0.610. The SMILES string of the molecule is N#Cc1nccnc1C#CCCO. The average Bonchev–Trinajstić information content (AvgIpc) is 2.19. The van der Waals surface area contributed by atoms with Gasteiger partial charge in [-0.15, -0.1) is 0 Å². The van der Waals surface area contributed by atoms with Crippen molar-refractivity contribution in [2.45, 2.75) is 6.42 Å². The highest BCUT2D eigenvalue weighted by atomic mass is 16.2. The van der Waals surface area contributed by atoms with Gasteiger partial charge in [-0.2, -0.15) is 5.26 Å². The molecule has 0 bridgehead atoms. The third-order valence-corrected chi connectivity index (χ3v) is 1.25. The molecule has 0 fully saturated rings. The lowest BCUT2D eigenvalue weighted by atomic mass is 10.3. The minimum Gasteiger partial charge on any atom is -0.395 e. The van der Waals surface area contributed by atoms with Gasteiger partial charge in [0.05, 0.1) is 6.61 Å². The summed E-state index contributed by atoms with van der Waals surface area (Å²) in [5.41, 5.74) is 0.575. The lowest BCUT2D eigenvalue weighted by Gasteiger charge is -1.89. The van der Waals surface area contributed by atoms with Gasteiger partial charge in [0.15, 0.2) is 5.69 Å². The Balaban J connectivity index is 2.91. The third-order valence-electron chi connectivity index (χ3n) is 1.25. The lowest BCUT2D eigenvalue weighted by molar-refractivity contribution is 0.305. The molecule has 0 aliphatic carbocycles. The molecule has 0 atom stereocenters. The van der Waals surface area contributed by atoms with Gasteiger partial charge in [0, 0.05) is 18.8 Å². The summed E-state index contributed by atoms with van der Waals surface area (Å²) < 4.78 is 0. The molecule has 1 rings (SSSR count). The van der Waals surface area contributed by atoms with Crippen LogP contribution in [0.4, 0.5) is 0 Å². The zero-order valence-electron chi connectivity index (χ0n) is 6.86. The standard InChI is InChI=1S/C9H7N3O/c10-7-9-8(3-1-2-6-13)11-4-5-12-9/h4-5,13H,2,6H2. The molecule has 4 heteroatoms. The monoisotopic (exact) mass is 173 g/mol. The second-order valence-corrected chi connectivity index (χ2v) is 2.14. The van der Waals surface area contributed by atoms with E-state index in [4.69, 9.17) is 10.4 Å². The number of hydrogen-bond acceptors (Lipinski definition) is 4. The highest BCUT2D eigenvalue weighted by Gasteiger charge is 1.98. The topological polar surface area (TPSA) is 69.8 Å². The van der Waals surface area contributed by atoms with Crippen molar-refractivity contribution in [3.8, 4) is 17.9 Å². The van der Waals surface area contributed by atoms with Crippen LogP contribution in [0.25, 0.3) is 0 Å². The van der Waals surface area contributed by atoms with Crippen LogP contribution in [0.3, 0.4) is 0 Å². The lowest BCUT2D eigenvalue weighted by Crippen LogP contribution is -1.91. The summed E-state index contributed by atoms with van der Waals surface area (Å²) >= 11 is 0. The van der Waals surface area contributed by atoms with Crippen molar-refractivity contribution in [1.29, 1.82) is 5.26 Å². The van der Waals surface area contributed by atoms with E-state index in [1.165, 1.54) is 12.4 Å². The number of aliphatic hydroxyl groups is 1. The maximum absolute atomic E-state index is 8.61. The first kappa shape index (κ1) is 9.18. The van der Waals surface area contributed by atoms with E-state index in [1.54, 1.807) is 0 Å². The fourth-order valence-electron chi connectivity index (χ4n) is 0.713. The van der Waals surface area contributed by atoms with E-state index in [1.807, 2.05) is 6.07 Å². The highest BCUT2D eigenvalue weighted by molar-refractivity contribution is 5.37. The Morgan fingerprint density at radius 2 is 2.00 bits per heavy atom. The summed E-state index contributed by atoms with van der Waals surface area (Å²) in [6.45, 7) is 0.00908. The molecule has 64 valence electrons. The van der Waals surface area contributed by atoms with Crippen molar-refractivity contribution in [2.24, 2.45) is 0 Å². The van der Waals surface area contributed by atoms with Crippen molar-refractivity contribution in [3.05, 3.63) is 23.8 Å².